The van der Waals surface area contributed by atoms with Crippen LogP contribution < -0.4 is 5.32 Å². The van der Waals surface area contributed by atoms with E-state index in [1.807, 2.05) is 18.4 Å². The van der Waals surface area contributed by atoms with E-state index in [4.69, 9.17) is 0 Å². The number of aliphatic carboxylic acids is 1. The van der Waals surface area contributed by atoms with Crippen molar-refractivity contribution in [2.75, 3.05) is 0 Å². The smallest absolute Gasteiger partial charge is 0.334 e. The molecule has 2 heterocycles. The number of rotatable bonds is 1. The summed E-state index contributed by atoms with van der Waals surface area (Å²) in [5, 5.41) is 12.6. The number of allylic oxidation sites excluding steroid dienone is 2. The van der Waals surface area contributed by atoms with Crippen LogP contribution in [-0.4, -0.2) is 29.4 Å². The van der Waals surface area contributed by atoms with Crippen LogP contribution in [0.4, 0.5) is 0 Å². The summed E-state index contributed by atoms with van der Waals surface area (Å²) < 4.78 is 0. The lowest BCUT2D eigenvalue weighted by Crippen LogP contribution is -2.35. The molecule has 88 valence electrons. The highest BCUT2D eigenvalue weighted by atomic mass is 16.4. The molecule has 3 rings (SSSR count). The van der Waals surface area contributed by atoms with Crippen molar-refractivity contribution in [2.45, 2.75) is 18.5 Å². The lowest BCUT2D eigenvalue weighted by molar-refractivity contribution is -0.133. The van der Waals surface area contributed by atoms with Gasteiger partial charge in [-0.3, -0.25) is 4.99 Å². The highest BCUT2D eigenvalue weighted by molar-refractivity contribution is 5.89. The molecule has 17 heavy (non-hydrogen) atoms. The van der Waals surface area contributed by atoms with Gasteiger partial charge in [0.15, 0.2) is 0 Å². The maximum Gasteiger partial charge on any atom is 0.334 e. The Hall–Kier alpha value is -1.68. The van der Waals surface area contributed by atoms with Gasteiger partial charge in [0, 0.05) is 30.4 Å². The molecule has 1 saturated heterocycles. The molecule has 0 aromatic carbocycles. The molecule has 0 spiro atoms. The number of carbonyl (C=O) groups is 1. The van der Waals surface area contributed by atoms with Gasteiger partial charge in [0.25, 0.3) is 0 Å². The number of carboxylic acid groups (broad SMARTS) is 1. The van der Waals surface area contributed by atoms with E-state index in [0.29, 0.717) is 11.5 Å². The van der Waals surface area contributed by atoms with E-state index in [-0.39, 0.29) is 18.0 Å². The van der Waals surface area contributed by atoms with Crippen LogP contribution in [0.2, 0.25) is 0 Å². The lowest BCUT2D eigenvalue weighted by atomic mass is 9.81. The first-order valence-corrected chi connectivity index (χ1v) is 5.83. The van der Waals surface area contributed by atoms with Crippen LogP contribution in [0.5, 0.6) is 0 Å². The van der Waals surface area contributed by atoms with Gasteiger partial charge < -0.3 is 10.4 Å². The molecule has 4 unspecified atom stereocenters. The number of carboxylic acids is 1. The van der Waals surface area contributed by atoms with E-state index in [9.17, 15) is 9.90 Å². The summed E-state index contributed by atoms with van der Waals surface area (Å²) in [6.45, 7) is 0. The minimum atomic E-state index is -0.877. The zero-order valence-corrected chi connectivity index (χ0v) is 9.28. The maximum atomic E-state index is 11.2. The van der Waals surface area contributed by atoms with Crippen LogP contribution >= 0.6 is 0 Å². The average Bonchev–Trinajstić information content (AvgIpc) is 2.54. The highest BCUT2D eigenvalue weighted by Crippen LogP contribution is 2.37. The topological polar surface area (TPSA) is 61.7 Å². The predicted octanol–water partition coefficient (Wildman–Crippen LogP) is 1.13. The molecule has 2 aliphatic heterocycles. The number of fused-ring (bicyclic) bond motifs is 3. The Morgan fingerprint density at radius 2 is 2.24 bits per heavy atom. The third-order valence-corrected chi connectivity index (χ3v) is 3.75. The second-order valence-electron chi connectivity index (χ2n) is 4.64. The highest BCUT2D eigenvalue weighted by Gasteiger charge is 2.44. The molecule has 4 atom stereocenters. The molecule has 0 aromatic heterocycles. The molecule has 4 heteroatoms. The largest absolute Gasteiger partial charge is 0.478 e. The first-order valence-electron chi connectivity index (χ1n) is 5.83. The maximum absolute atomic E-state index is 11.2. The van der Waals surface area contributed by atoms with Crippen molar-refractivity contribution in [3.63, 3.8) is 0 Å². The van der Waals surface area contributed by atoms with Crippen LogP contribution in [0.15, 0.2) is 41.1 Å². The Balaban J connectivity index is 1.96. The normalized spacial score (nSPS) is 38.2. The van der Waals surface area contributed by atoms with Crippen molar-refractivity contribution < 1.29 is 9.90 Å². The van der Waals surface area contributed by atoms with E-state index < -0.39 is 5.97 Å². The minimum Gasteiger partial charge on any atom is -0.478 e. The second-order valence-corrected chi connectivity index (χ2v) is 4.64. The Bertz CT molecular complexity index is 462. The molecule has 4 nitrogen and oxygen atoms in total. The van der Waals surface area contributed by atoms with Gasteiger partial charge in [-0.25, -0.2) is 4.79 Å². The summed E-state index contributed by atoms with van der Waals surface area (Å²) in [6.07, 6.45) is 12.4. The molecule has 0 bridgehead atoms. The molecular weight excluding hydrogens is 216 g/mol. The van der Waals surface area contributed by atoms with Crippen molar-refractivity contribution >= 4 is 12.2 Å². The van der Waals surface area contributed by atoms with Crippen LogP contribution in [0, 0.1) is 11.8 Å². The molecule has 0 saturated carbocycles. The monoisotopic (exact) mass is 230 g/mol. The molecule has 3 aliphatic rings. The van der Waals surface area contributed by atoms with Gasteiger partial charge in [-0.2, -0.15) is 0 Å². The van der Waals surface area contributed by atoms with Gasteiger partial charge in [0.1, 0.15) is 0 Å². The number of nitrogens with zero attached hydrogens (tertiary/aromatic N) is 1. The van der Waals surface area contributed by atoms with Crippen molar-refractivity contribution in [2.24, 2.45) is 16.8 Å². The van der Waals surface area contributed by atoms with Crippen LogP contribution in [0.25, 0.3) is 0 Å². The number of hydrogen-bond donors (Lipinski definition) is 2. The van der Waals surface area contributed by atoms with Gasteiger partial charge in [-0.1, -0.05) is 24.3 Å². The summed E-state index contributed by atoms with van der Waals surface area (Å²) in [5.41, 5.74) is 0.375. The quantitative estimate of drug-likeness (QED) is 0.709. The zero-order valence-electron chi connectivity index (χ0n) is 9.28. The third kappa shape index (κ3) is 1.65. The Kier molecular flexibility index (Phi) is 2.44. The molecule has 0 aromatic rings. The van der Waals surface area contributed by atoms with Gasteiger partial charge in [-0.15, -0.1) is 0 Å². The van der Waals surface area contributed by atoms with Gasteiger partial charge in [-0.05, 0) is 12.3 Å². The van der Waals surface area contributed by atoms with Crippen LogP contribution in [-0.2, 0) is 4.79 Å². The number of hydrogen-bond acceptors (Lipinski definition) is 3. The standard InChI is InChI=1S/C13H14N2O2/c16-13(17)10-7-14-6-5-9-8-3-1-2-4-11(8)15-12(9)10/h1-4,6-9,11-12,15H,5H2,(H,16,17). The molecule has 2 N–H and O–H groups in total. The Morgan fingerprint density at radius 1 is 1.41 bits per heavy atom. The molecular formula is C13H14N2O2. The third-order valence-electron chi connectivity index (χ3n) is 3.75. The van der Waals surface area contributed by atoms with Gasteiger partial charge in [0.05, 0.1) is 5.57 Å². The molecule has 1 fully saturated rings. The fourth-order valence-electron chi connectivity index (χ4n) is 2.95. The van der Waals surface area contributed by atoms with E-state index in [1.54, 1.807) is 0 Å². The van der Waals surface area contributed by atoms with Gasteiger partial charge in [0.2, 0.25) is 0 Å². The van der Waals surface area contributed by atoms with Gasteiger partial charge >= 0.3 is 5.97 Å². The fraction of sp³-hybridized carbons (Fsp3) is 0.385. The minimum absolute atomic E-state index is 0.0996. The molecule has 1 aliphatic carbocycles. The summed E-state index contributed by atoms with van der Waals surface area (Å²) >= 11 is 0. The second kappa shape index (κ2) is 3.96. The summed E-state index contributed by atoms with van der Waals surface area (Å²) in [4.78, 5) is 15.3. The van der Waals surface area contributed by atoms with Crippen LogP contribution in [0.3, 0.4) is 0 Å². The molecule has 0 radical (unpaired) electrons. The van der Waals surface area contributed by atoms with E-state index in [2.05, 4.69) is 22.5 Å². The zero-order chi connectivity index (χ0) is 11.8. The summed E-state index contributed by atoms with van der Waals surface area (Å²) in [5.74, 6) is -0.217. The van der Waals surface area contributed by atoms with E-state index in [1.165, 1.54) is 6.20 Å². The van der Waals surface area contributed by atoms with E-state index in [0.717, 1.165) is 6.42 Å². The summed E-state index contributed by atoms with van der Waals surface area (Å²) in [7, 11) is 0. The SMILES string of the molecule is O=C(O)C1=CN=CCC2C1NC1C=CC=CC12. The van der Waals surface area contributed by atoms with Crippen molar-refractivity contribution in [3.05, 3.63) is 36.1 Å². The van der Waals surface area contributed by atoms with Crippen molar-refractivity contribution in [3.8, 4) is 0 Å². The van der Waals surface area contributed by atoms with Crippen molar-refractivity contribution in [1.29, 1.82) is 0 Å². The predicted molar refractivity (Wildman–Crippen MR) is 64.8 cm³/mol. The van der Waals surface area contributed by atoms with Crippen molar-refractivity contribution in [1.82, 2.24) is 5.32 Å². The number of aliphatic imine (C=N–C) groups is 1. The average molecular weight is 230 g/mol. The fourth-order valence-corrected chi connectivity index (χ4v) is 2.95. The first kappa shape index (κ1) is 10.5. The van der Waals surface area contributed by atoms with Crippen LogP contribution in [0.1, 0.15) is 6.42 Å². The first-order chi connectivity index (χ1) is 8.27. The number of nitrogens with one attached hydrogen (secondary N) is 1. The Labute approximate surface area is 99.4 Å². The molecule has 0 amide bonds. The Morgan fingerprint density at radius 3 is 3.06 bits per heavy atom. The lowest BCUT2D eigenvalue weighted by Gasteiger charge is -2.21. The summed E-state index contributed by atoms with van der Waals surface area (Å²) in [6, 6.07) is 0.154. The van der Waals surface area contributed by atoms with E-state index >= 15 is 0 Å².